The number of hydrogen-bond acceptors (Lipinski definition) is 4. The molecule has 5 rings (SSSR count). The smallest absolute Gasteiger partial charge is 0.279 e. The van der Waals surface area contributed by atoms with Gasteiger partial charge in [-0.3, -0.25) is 4.79 Å². The number of rotatable bonds is 4. The second-order valence-electron chi connectivity index (χ2n) is 8.26. The van der Waals surface area contributed by atoms with E-state index in [9.17, 15) is 9.90 Å². The van der Waals surface area contributed by atoms with Gasteiger partial charge < -0.3 is 14.6 Å². The lowest BCUT2D eigenvalue weighted by Gasteiger charge is -2.34. The lowest BCUT2D eigenvalue weighted by Crippen LogP contribution is -2.53. The lowest BCUT2D eigenvalue weighted by atomic mass is 9.86. The zero-order chi connectivity index (χ0) is 20.2. The number of allylic oxidation sites excluding steroid dienone is 2. The van der Waals surface area contributed by atoms with Crippen molar-refractivity contribution in [3.8, 4) is 5.75 Å². The fraction of sp³-hybridized carbons (Fsp3) is 0.320. The molecule has 0 amide bonds. The van der Waals surface area contributed by atoms with Crippen LogP contribution in [0.3, 0.4) is 0 Å². The van der Waals surface area contributed by atoms with Crippen molar-refractivity contribution in [2.24, 2.45) is 0 Å². The van der Waals surface area contributed by atoms with Gasteiger partial charge >= 0.3 is 0 Å². The summed E-state index contributed by atoms with van der Waals surface area (Å²) >= 11 is 0. The van der Waals surface area contributed by atoms with Crippen LogP contribution < -0.4 is 4.74 Å². The summed E-state index contributed by atoms with van der Waals surface area (Å²) < 4.78 is 12.7. The summed E-state index contributed by atoms with van der Waals surface area (Å²) in [5.74, 6) is -1.07. The van der Waals surface area contributed by atoms with Crippen LogP contribution in [0.4, 0.5) is 0 Å². The molecule has 2 aliphatic carbocycles. The van der Waals surface area contributed by atoms with E-state index in [4.69, 9.17) is 9.47 Å². The van der Waals surface area contributed by atoms with E-state index < -0.39 is 11.4 Å². The Morgan fingerprint density at radius 2 is 1.86 bits per heavy atom. The van der Waals surface area contributed by atoms with Gasteiger partial charge in [0, 0.05) is 16.7 Å². The second-order valence-corrected chi connectivity index (χ2v) is 8.26. The molecule has 29 heavy (non-hydrogen) atoms. The molecular weight excluding hydrogens is 364 g/mol. The first-order chi connectivity index (χ1) is 14.0. The number of benzene rings is 2. The zero-order valence-corrected chi connectivity index (χ0v) is 16.6. The monoisotopic (exact) mass is 388 g/mol. The minimum Gasteiger partial charge on any atom is -0.453 e. The molecule has 4 heteroatoms. The first kappa shape index (κ1) is 18.3. The number of carbonyl (C=O) groups excluding carboxylic acids is 1. The third kappa shape index (κ3) is 2.42. The minimum atomic E-state index is -1.88. The Kier molecular flexibility index (Phi) is 4.05. The summed E-state index contributed by atoms with van der Waals surface area (Å²) in [5, 5.41) is 11.9. The molecular formula is C25H24O4. The SMILES string of the molecule is CC(C)c1ccc2c(c1)OC1(OCc3ccccc3)C3=CCCC=C3C(=O)C21O. The molecule has 4 nitrogen and oxygen atoms in total. The molecule has 2 aromatic rings. The van der Waals surface area contributed by atoms with E-state index in [0.29, 0.717) is 28.4 Å². The van der Waals surface area contributed by atoms with E-state index in [0.717, 1.165) is 24.0 Å². The average Bonchev–Trinajstić information content (AvgIpc) is 3.11. The molecule has 1 fully saturated rings. The van der Waals surface area contributed by atoms with Crippen molar-refractivity contribution in [3.05, 3.63) is 88.5 Å². The molecule has 0 spiro atoms. The summed E-state index contributed by atoms with van der Waals surface area (Å²) in [6, 6.07) is 15.4. The van der Waals surface area contributed by atoms with E-state index in [1.54, 1.807) is 0 Å². The zero-order valence-electron chi connectivity index (χ0n) is 16.6. The van der Waals surface area contributed by atoms with Gasteiger partial charge in [0.15, 0.2) is 0 Å². The number of carbonyl (C=O) groups is 1. The van der Waals surface area contributed by atoms with Crippen LogP contribution >= 0.6 is 0 Å². The fourth-order valence-corrected chi connectivity index (χ4v) is 4.58. The molecule has 2 atom stereocenters. The maximum absolute atomic E-state index is 13.4. The van der Waals surface area contributed by atoms with Crippen LogP contribution in [-0.2, 0) is 21.7 Å². The van der Waals surface area contributed by atoms with Gasteiger partial charge in [0.1, 0.15) is 5.75 Å². The molecule has 0 bridgehead atoms. The summed E-state index contributed by atoms with van der Waals surface area (Å²) in [7, 11) is 0. The molecule has 1 N–H and O–H groups in total. The van der Waals surface area contributed by atoms with Crippen LogP contribution in [0, 0.1) is 0 Å². The molecule has 0 saturated heterocycles. The highest BCUT2D eigenvalue weighted by atomic mass is 16.7. The fourth-order valence-electron chi connectivity index (χ4n) is 4.58. The van der Waals surface area contributed by atoms with Gasteiger partial charge in [-0.2, -0.15) is 0 Å². The molecule has 1 aliphatic heterocycles. The Hall–Kier alpha value is -2.69. The van der Waals surface area contributed by atoms with Gasteiger partial charge in [0.25, 0.3) is 5.79 Å². The number of hydrogen-bond donors (Lipinski definition) is 1. The largest absolute Gasteiger partial charge is 0.453 e. The van der Waals surface area contributed by atoms with Crippen molar-refractivity contribution >= 4 is 5.78 Å². The summed E-state index contributed by atoms with van der Waals surface area (Å²) in [6.45, 7) is 4.43. The lowest BCUT2D eigenvalue weighted by molar-refractivity contribution is -0.235. The number of ketones is 1. The van der Waals surface area contributed by atoms with Crippen LogP contribution in [0.25, 0.3) is 0 Å². The predicted octanol–water partition coefficient (Wildman–Crippen LogP) is 4.53. The first-order valence-electron chi connectivity index (χ1n) is 10.2. The van der Waals surface area contributed by atoms with Gasteiger partial charge in [-0.25, -0.2) is 0 Å². The Balaban J connectivity index is 1.65. The molecule has 1 saturated carbocycles. The van der Waals surface area contributed by atoms with Crippen molar-refractivity contribution in [1.82, 2.24) is 0 Å². The van der Waals surface area contributed by atoms with Crippen LogP contribution in [0.1, 0.15) is 49.3 Å². The maximum Gasteiger partial charge on any atom is 0.279 e. The second kappa shape index (κ2) is 6.41. The molecule has 0 radical (unpaired) electrons. The Morgan fingerprint density at radius 1 is 1.10 bits per heavy atom. The van der Waals surface area contributed by atoms with Crippen molar-refractivity contribution in [1.29, 1.82) is 0 Å². The topological polar surface area (TPSA) is 55.8 Å². The molecule has 1 heterocycles. The third-order valence-corrected chi connectivity index (χ3v) is 6.16. The average molecular weight is 388 g/mol. The van der Waals surface area contributed by atoms with Gasteiger partial charge in [-0.15, -0.1) is 0 Å². The Bertz CT molecular complexity index is 1050. The highest BCUT2D eigenvalue weighted by Gasteiger charge is 2.73. The van der Waals surface area contributed by atoms with Crippen LogP contribution in [-0.4, -0.2) is 16.7 Å². The molecule has 3 aliphatic rings. The summed E-state index contributed by atoms with van der Waals surface area (Å²) in [4.78, 5) is 13.4. The quantitative estimate of drug-likeness (QED) is 0.836. The standard InChI is InChI=1S/C25H24O4/c1-16(2)18-12-13-21-22(14-18)29-25(28-15-17-8-4-3-5-9-17)20-11-7-6-10-19(20)23(26)24(21,25)27/h3-5,8-14,16,27H,6-7,15H2,1-2H3. The van der Waals surface area contributed by atoms with Gasteiger partial charge in [-0.1, -0.05) is 68.5 Å². The van der Waals surface area contributed by atoms with Crippen molar-refractivity contribution in [3.63, 3.8) is 0 Å². The third-order valence-electron chi connectivity index (χ3n) is 6.16. The van der Waals surface area contributed by atoms with Gasteiger partial charge in [0.2, 0.25) is 11.4 Å². The Labute approximate surface area is 170 Å². The van der Waals surface area contributed by atoms with Gasteiger partial charge in [-0.05, 0) is 36.0 Å². The number of Topliss-reactive ketones (excluding diaryl/α,β-unsaturated/α-hetero) is 1. The van der Waals surface area contributed by atoms with Crippen molar-refractivity contribution in [2.45, 2.75) is 50.6 Å². The van der Waals surface area contributed by atoms with Crippen molar-refractivity contribution in [2.75, 3.05) is 0 Å². The Morgan fingerprint density at radius 3 is 2.62 bits per heavy atom. The number of ether oxygens (including phenoxy) is 2. The van der Waals surface area contributed by atoms with E-state index in [2.05, 4.69) is 13.8 Å². The summed E-state index contributed by atoms with van der Waals surface area (Å²) in [6.07, 6.45) is 5.43. The van der Waals surface area contributed by atoms with E-state index >= 15 is 0 Å². The highest BCUT2D eigenvalue weighted by Crippen LogP contribution is 2.60. The minimum absolute atomic E-state index is 0.228. The van der Waals surface area contributed by atoms with E-state index in [1.807, 2.05) is 60.7 Å². The molecule has 148 valence electrons. The van der Waals surface area contributed by atoms with E-state index in [-0.39, 0.29) is 12.4 Å². The maximum atomic E-state index is 13.4. The molecule has 2 unspecified atom stereocenters. The molecule has 2 aromatic carbocycles. The number of fused-ring (bicyclic) bond motifs is 5. The number of aliphatic hydroxyl groups is 1. The van der Waals surface area contributed by atoms with Crippen LogP contribution in [0.5, 0.6) is 5.75 Å². The van der Waals surface area contributed by atoms with Gasteiger partial charge in [0.05, 0.1) is 6.61 Å². The highest BCUT2D eigenvalue weighted by molar-refractivity contribution is 6.12. The van der Waals surface area contributed by atoms with Crippen LogP contribution in [0.2, 0.25) is 0 Å². The normalized spacial score (nSPS) is 27.1. The van der Waals surface area contributed by atoms with Crippen LogP contribution in [0.15, 0.2) is 71.8 Å². The molecule has 0 aromatic heterocycles. The van der Waals surface area contributed by atoms with E-state index in [1.165, 1.54) is 0 Å². The van der Waals surface area contributed by atoms with Crippen molar-refractivity contribution < 1.29 is 19.4 Å². The summed E-state index contributed by atoms with van der Waals surface area (Å²) in [5.41, 5.74) is 1.81. The first-order valence-corrected chi connectivity index (χ1v) is 10.2. The predicted molar refractivity (Wildman–Crippen MR) is 109 cm³/mol.